The van der Waals surface area contributed by atoms with Gasteiger partial charge in [-0.15, -0.1) is 5.10 Å². The molecule has 0 saturated heterocycles. The van der Waals surface area contributed by atoms with Crippen LogP contribution in [0, 0.1) is 11.6 Å². The predicted octanol–water partition coefficient (Wildman–Crippen LogP) is 3.09. The van der Waals surface area contributed by atoms with E-state index in [0.29, 0.717) is 5.56 Å². The van der Waals surface area contributed by atoms with Crippen LogP contribution < -0.4 is 10.6 Å². The summed E-state index contributed by atoms with van der Waals surface area (Å²) < 4.78 is 33.7. The zero-order chi connectivity index (χ0) is 22.7. The molecule has 0 aliphatic carbocycles. The van der Waals surface area contributed by atoms with Crippen molar-refractivity contribution in [2.45, 2.75) is 19.5 Å². The SMILES string of the molecule is CCOC(=O)C1=C(Cn2cc(-c3cc(F)cc(F)c3)nn2)NC(=O)NC1c1ccccc1. The number of hydrogen-bond donors (Lipinski definition) is 2. The Balaban J connectivity index is 1.71. The van der Waals surface area contributed by atoms with E-state index in [2.05, 4.69) is 20.9 Å². The maximum absolute atomic E-state index is 13.5. The van der Waals surface area contributed by atoms with Crippen LogP contribution in [0.4, 0.5) is 13.6 Å². The quantitative estimate of drug-likeness (QED) is 0.576. The van der Waals surface area contributed by atoms with Crippen molar-refractivity contribution in [3.05, 3.63) is 83.2 Å². The number of amides is 2. The van der Waals surface area contributed by atoms with Gasteiger partial charge in [0, 0.05) is 11.6 Å². The number of urea groups is 1. The second-order valence-electron chi connectivity index (χ2n) is 7.01. The zero-order valence-electron chi connectivity index (χ0n) is 17.0. The van der Waals surface area contributed by atoms with Gasteiger partial charge in [-0.1, -0.05) is 35.5 Å². The highest BCUT2D eigenvalue weighted by molar-refractivity contribution is 5.95. The Morgan fingerprint density at radius 1 is 1.16 bits per heavy atom. The van der Waals surface area contributed by atoms with E-state index in [9.17, 15) is 18.4 Å². The molecule has 3 aromatic rings. The molecule has 2 aromatic carbocycles. The molecule has 0 radical (unpaired) electrons. The molecule has 32 heavy (non-hydrogen) atoms. The van der Waals surface area contributed by atoms with Crippen molar-refractivity contribution in [3.8, 4) is 11.3 Å². The fourth-order valence-electron chi connectivity index (χ4n) is 3.46. The van der Waals surface area contributed by atoms with Crippen LogP contribution in [-0.4, -0.2) is 33.6 Å². The molecule has 0 spiro atoms. The summed E-state index contributed by atoms with van der Waals surface area (Å²) in [5, 5.41) is 13.3. The van der Waals surface area contributed by atoms with Crippen molar-refractivity contribution in [2.75, 3.05) is 6.61 Å². The molecule has 1 atom stereocenters. The number of nitrogens with one attached hydrogen (secondary N) is 2. The Bertz CT molecular complexity index is 1170. The van der Waals surface area contributed by atoms with Crippen molar-refractivity contribution in [1.29, 1.82) is 0 Å². The summed E-state index contributed by atoms with van der Waals surface area (Å²) in [7, 11) is 0. The molecule has 1 aliphatic rings. The van der Waals surface area contributed by atoms with Gasteiger partial charge in [0.2, 0.25) is 0 Å². The number of rotatable bonds is 6. The molecule has 2 N–H and O–H groups in total. The van der Waals surface area contributed by atoms with Crippen LogP contribution in [0.25, 0.3) is 11.3 Å². The highest BCUT2D eigenvalue weighted by atomic mass is 19.1. The van der Waals surface area contributed by atoms with Crippen molar-refractivity contribution in [3.63, 3.8) is 0 Å². The molecule has 2 heterocycles. The van der Waals surface area contributed by atoms with Crippen LogP contribution in [-0.2, 0) is 16.1 Å². The molecule has 1 aromatic heterocycles. The Morgan fingerprint density at radius 2 is 1.88 bits per heavy atom. The lowest BCUT2D eigenvalue weighted by molar-refractivity contribution is -0.139. The summed E-state index contributed by atoms with van der Waals surface area (Å²) in [6.45, 7) is 1.83. The number of carbonyl (C=O) groups is 2. The van der Waals surface area contributed by atoms with Gasteiger partial charge in [-0.2, -0.15) is 0 Å². The lowest BCUT2D eigenvalue weighted by atomic mass is 9.95. The highest BCUT2D eigenvalue weighted by Gasteiger charge is 2.33. The number of carbonyl (C=O) groups excluding carboxylic acids is 2. The van der Waals surface area contributed by atoms with Gasteiger partial charge in [0.25, 0.3) is 0 Å². The third-order valence-electron chi connectivity index (χ3n) is 4.80. The number of nitrogens with zero attached hydrogens (tertiary/aromatic N) is 3. The summed E-state index contributed by atoms with van der Waals surface area (Å²) in [4.78, 5) is 25.1. The van der Waals surface area contributed by atoms with Gasteiger partial charge in [0.05, 0.1) is 36.7 Å². The van der Waals surface area contributed by atoms with E-state index in [1.54, 1.807) is 31.2 Å². The normalized spacial score (nSPS) is 15.8. The molecule has 8 nitrogen and oxygen atoms in total. The van der Waals surface area contributed by atoms with Crippen LogP contribution >= 0.6 is 0 Å². The molecule has 0 fully saturated rings. The van der Waals surface area contributed by atoms with Crippen LogP contribution in [0.1, 0.15) is 18.5 Å². The summed E-state index contributed by atoms with van der Waals surface area (Å²) in [5.41, 5.74) is 1.67. The molecule has 164 valence electrons. The Hall–Kier alpha value is -4.08. The standard InChI is InChI=1S/C22H19F2N5O3/c1-2-32-21(30)19-18(25-22(31)26-20(19)13-6-4-3-5-7-13)12-29-11-17(27-28-29)14-8-15(23)10-16(24)9-14/h3-11,20H,2,12H2,1H3,(H2,25,26,31). The molecule has 1 aliphatic heterocycles. The third kappa shape index (κ3) is 4.48. The molecule has 0 saturated carbocycles. The van der Waals surface area contributed by atoms with E-state index in [-0.39, 0.29) is 35.7 Å². The lowest BCUT2D eigenvalue weighted by Gasteiger charge is -2.29. The van der Waals surface area contributed by atoms with E-state index in [0.717, 1.165) is 18.2 Å². The maximum Gasteiger partial charge on any atom is 0.338 e. The third-order valence-corrected chi connectivity index (χ3v) is 4.80. The van der Waals surface area contributed by atoms with Gasteiger partial charge in [-0.3, -0.25) is 0 Å². The fourth-order valence-corrected chi connectivity index (χ4v) is 3.46. The number of allylic oxidation sites excluding steroid dienone is 1. The van der Waals surface area contributed by atoms with Gasteiger partial charge in [0.15, 0.2) is 0 Å². The summed E-state index contributed by atoms with van der Waals surface area (Å²) in [5.74, 6) is -2.06. The number of benzene rings is 2. The maximum atomic E-state index is 13.5. The van der Waals surface area contributed by atoms with Crippen molar-refractivity contribution >= 4 is 12.0 Å². The minimum Gasteiger partial charge on any atom is -0.463 e. The van der Waals surface area contributed by atoms with E-state index in [1.165, 1.54) is 10.9 Å². The minimum absolute atomic E-state index is 0.0182. The van der Waals surface area contributed by atoms with Crippen LogP contribution in [0.15, 0.2) is 66.0 Å². The predicted molar refractivity (Wildman–Crippen MR) is 110 cm³/mol. The molecule has 10 heteroatoms. The number of aromatic nitrogens is 3. The average molecular weight is 439 g/mol. The smallest absolute Gasteiger partial charge is 0.338 e. The van der Waals surface area contributed by atoms with E-state index in [1.807, 2.05) is 6.07 Å². The van der Waals surface area contributed by atoms with Gasteiger partial charge in [-0.05, 0) is 24.6 Å². The van der Waals surface area contributed by atoms with E-state index >= 15 is 0 Å². The first-order chi connectivity index (χ1) is 15.4. The number of hydrogen-bond acceptors (Lipinski definition) is 5. The first kappa shape index (κ1) is 21.2. The topological polar surface area (TPSA) is 98.1 Å². The number of ether oxygens (including phenoxy) is 1. The first-order valence-electron chi connectivity index (χ1n) is 9.84. The van der Waals surface area contributed by atoms with Gasteiger partial charge in [0.1, 0.15) is 17.3 Å². The van der Waals surface area contributed by atoms with Crippen molar-refractivity contribution in [2.24, 2.45) is 0 Å². The van der Waals surface area contributed by atoms with Crippen LogP contribution in [0.5, 0.6) is 0 Å². The molecular formula is C22H19F2N5O3. The van der Waals surface area contributed by atoms with Crippen molar-refractivity contribution < 1.29 is 23.1 Å². The Kier molecular flexibility index (Phi) is 5.93. The van der Waals surface area contributed by atoms with Crippen molar-refractivity contribution in [1.82, 2.24) is 25.6 Å². The fraction of sp³-hybridized carbons (Fsp3) is 0.182. The first-order valence-corrected chi connectivity index (χ1v) is 9.84. The number of esters is 1. The zero-order valence-corrected chi connectivity index (χ0v) is 17.0. The minimum atomic E-state index is -0.738. The van der Waals surface area contributed by atoms with E-state index in [4.69, 9.17) is 4.74 Å². The number of halogens is 2. The average Bonchev–Trinajstić information content (AvgIpc) is 3.22. The molecule has 0 bridgehead atoms. The Labute approximate surface area is 181 Å². The molecule has 1 unspecified atom stereocenters. The van der Waals surface area contributed by atoms with Gasteiger partial charge in [-0.25, -0.2) is 23.1 Å². The summed E-state index contributed by atoms with van der Waals surface area (Å²) in [6.07, 6.45) is 1.47. The summed E-state index contributed by atoms with van der Waals surface area (Å²) in [6, 6.07) is 10.8. The van der Waals surface area contributed by atoms with Gasteiger partial charge < -0.3 is 15.4 Å². The van der Waals surface area contributed by atoms with Crippen LogP contribution in [0.3, 0.4) is 0 Å². The lowest BCUT2D eigenvalue weighted by Crippen LogP contribution is -2.46. The van der Waals surface area contributed by atoms with Gasteiger partial charge >= 0.3 is 12.0 Å². The Morgan fingerprint density at radius 3 is 2.56 bits per heavy atom. The monoisotopic (exact) mass is 439 g/mol. The van der Waals surface area contributed by atoms with Crippen LogP contribution in [0.2, 0.25) is 0 Å². The second kappa shape index (κ2) is 8.96. The molecule has 2 amide bonds. The molecule has 4 rings (SSSR count). The highest BCUT2D eigenvalue weighted by Crippen LogP contribution is 2.28. The summed E-state index contributed by atoms with van der Waals surface area (Å²) >= 11 is 0. The largest absolute Gasteiger partial charge is 0.463 e. The van der Waals surface area contributed by atoms with E-state index < -0.39 is 29.7 Å². The second-order valence-corrected chi connectivity index (χ2v) is 7.01. The molecular weight excluding hydrogens is 420 g/mol.